The van der Waals surface area contributed by atoms with E-state index in [1.54, 1.807) is 0 Å². The van der Waals surface area contributed by atoms with Crippen molar-refractivity contribution in [1.82, 2.24) is 0 Å². The van der Waals surface area contributed by atoms with E-state index in [-0.39, 0.29) is 0 Å². The highest BCUT2D eigenvalue weighted by Gasteiger charge is 2.51. The molecule has 0 spiro atoms. The summed E-state index contributed by atoms with van der Waals surface area (Å²) in [5.74, 6) is 0. The molecule has 1 aliphatic rings. The molecule has 0 unspecified atom stereocenters. The number of hydrogen-bond donors (Lipinski definition) is 0. The molecular formula is C48H44BN3O2. The zero-order valence-electron chi connectivity index (χ0n) is 31.2. The van der Waals surface area contributed by atoms with Gasteiger partial charge in [-0.1, -0.05) is 84.9 Å². The summed E-state index contributed by atoms with van der Waals surface area (Å²) in [4.78, 5) is 6.86. The van der Waals surface area contributed by atoms with E-state index in [1.165, 1.54) is 0 Å². The fraction of sp³-hybridized carbons (Fsp3) is 0.125. The lowest BCUT2D eigenvalue weighted by Gasteiger charge is -2.32. The molecule has 7 aromatic rings. The van der Waals surface area contributed by atoms with E-state index < -0.39 is 18.3 Å². The van der Waals surface area contributed by atoms with Gasteiger partial charge in [-0.15, -0.1) is 0 Å². The number of para-hydroxylation sites is 4. The molecule has 0 amide bonds. The summed E-state index contributed by atoms with van der Waals surface area (Å²) in [5.41, 5.74) is 9.83. The van der Waals surface area contributed by atoms with Gasteiger partial charge >= 0.3 is 7.12 Å². The zero-order chi connectivity index (χ0) is 37.1. The van der Waals surface area contributed by atoms with Crippen LogP contribution >= 0.6 is 0 Å². The molecule has 0 bridgehead atoms. The highest BCUT2D eigenvalue weighted by Crippen LogP contribution is 2.41. The van der Waals surface area contributed by atoms with Gasteiger partial charge in [0.2, 0.25) is 0 Å². The van der Waals surface area contributed by atoms with Gasteiger partial charge < -0.3 is 24.0 Å². The van der Waals surface area contributed by atoms with Crippen LogP contribution in [0.15, 0.2) is 194 Å². The van der Waals surface area contributed by atoms with Crippen molar-refractivity contribution in [1.29, 1.82) is 0 Å². The first-order valence-corrected chi connectivity index (χ1v) is 18.5. The van der Waals surface area contributed by atoms with E-state index in [9.17, 15) is 0 Å². The molecule has 0 radical (unpaired) electrons. The second kappa shape index (κ2) is 14.7. The van der Waals surface area contributed by atoms with Gasteiger partial charge in [-0.25, -0.2) is 0 Å². The molecule has 0 atom stereocenters. The van der Waals surface area contributed by atoms with Crippen molar-refractivity contribution in [3.63, 3.8) is 0 Å². The van der Waals surface area contributed by atoms with Crippen molar-refractivity contribution in [2.45, 2.75) is 38.9 Å². The Hall–Kier alpha value is -6.08. The molecule has 1 saturated heterocycles. The molecule has 1 aliphatic heterocycles. The molecule has 0 saturated carbocycles. The summed E-state index contributed by atoms with van der Waals surface area (Å²) < 4.78 is 12.8. The highest BCUT2D eigenvalue weighted by molar-refractivity contribution is 6.62. The molecular weight excluding hydrogens is 661 g/mol. The SMILES string of the molecule is CC1(C)OB(c2ccc(N(c3ccc(N(c4ccccc4)c4ccccc4)cc3)c3ccc(N(c4ccccc4)c4ccccc4)cc3)cc2)OC1(C)C. The second-order valence-corrected chi connectivity index (χ2v) is 14.6. The van der Waals surface area contributed by atoms with Crippen LogP contribution in [0.2, 0.25) is 0 Å². The lowest BCUT2D eigenvalue weighted by Crippen LogP contribution is -2.41. The summed E-state index contributed by atoms with van der Waals surface area (Å²) in [5, 5.41) is 0. The monoisotopic (exact) mass is 705 g/mol. The molecule has 266 valence electrons. The Morgan fingerprint density at radius 3 is 0.741 bits per heavy atom. The number of rotatable bonds is 10. The molecule has 7 aromatic carbocycles. The van der Waals surface area contributed by atoms with Crippen LogP contribution in [-0.4, -0.2) is 18.3 Å². The minimum atomic E-state index is -0.431. The van der Waals surface area contributed by atoms with Crippen LogP contribution in [0.25, 0.3) is 0 Å². The van der Waals surface area contributed by atoms with Crippen LogP contribution in [0.4, 0.5) is 51.2 Å². The summed E-state index contributed by atoms with van der Waals surface area (Å²) in [6.07, 6.45) is 0. The Kier molecular flexibility index (Phi) is 9.55. The van der Waals surface area contributed by atoms with E-state index >= 15 is 0 Å². The minimum absolute atomic E-state index is 0.410. The number of nitrogens with zero attached hydrogens (tertiary/aromatic N) is 3. The minimum Gasteiger partial charge on any atom is -0.399 e. The maximum atomic E-state index is 6.39. The Balaban J connectivity index is 1.18. The van der Waals surface area contributed by atoms with E-state index in [2.05, 4.69) is 237 Å². The van der Waals surface area contributed by atoms with Crippen molar-refractivity contribution in [3.8, 4) is 0 Å². The average molecular weight is 706 g/mol. The normalized spacial score (nSPS) is 14.4. The third kappa shape index (κ3) is 7.02. The summed E-state index contributed by atoms with van der Waals surface area (Å²) in [6, 6.07) is 68.1. The van der Waals surface area contributed by atoms with Gasteiger partial charge in [0.05, 0.1) is 11.2 Å². The Morgan fingerprint density at radius 2 is 0.500 bits per heavy atom. The second-order valence-electron chi connectivity index (χ2n) is 14.6. The average Bonchev–Trinajstić information content (AvgIpc) is 3.44. The topological polar surface area (TPSA) is 28.2 Å². The lowest BCUT2D eigenvalue weighted by atomic mass is 9.79. The van der Waals surface area contributed by atoms with Crippen molar-refractivity contribution < 1.29 is 9.31 Å². The van der Waals surface area contributed by atoms with Gasteiger partial charge in [-0.2, -0.15) is 0 Å². The van der Waals surface area contributed by atoms with E-state index in [1.807, 2.05) is 0 Å². The largest absolute Gasteiger partial charge is 0.494 e. The third-order valence-electron chi connectivity index (χ3n) is 10.5. The molecule has 0 N–H and O–H groups in total. The Bertz CT molecular complexity index is 2040. The predicted molar refractivity (Wildman–Crippen MR) is 226 cm³/mol. The first-order chi connectivity index (χ1) is 26.3. The van der Waals surface area contributed by atoms with Crippen molar-refractivity contribution in [2.24, 2.45) is 0 Å². The fourth-order valence-electron chi connectivity index (χ4n) is 6.91. The number of benzene rings is 7. The smallest absolute Gasteiger partial charge is 0.399 e. The molecule has 8 rings (SSSR count). The van der Waals surface area contributed by atoms with Crippen molar-refractivity contribution in [2.75, 3.05) is 14.7 Å². The highest BCUT2D eigenvalue weighted by atomic mass is 16.7. The first-order valence-electron chi connectivity index (χ1n) is 18.5. The Labute approximate surface area is 319 Å². The van der Waals surface area contributed by atoms with Gasteiger partial charge in [0.25, 0.3) is 0 Å². The van der Waals surface area contributed by atoms with Gasteiger partial charge in [-0.3, -0.25) is 0 Å². The van der Waals surface area contributed by atoms with Crippen LogP contribution in [0.5, 0.6) is 0 Å². The molecule has 0 aromatic heterocycles. The van der Waals surface area contributed by atoms with Crippen molar-refractivity contribution in [3.05, 3.63) is 194 Å². The molecule has 54 heavy (non-hydrogen) atoms. The van der Waals surface area contributed by atoms with Crippen LogP contribution in [0.1, 0.15) is 27.7 Å². The fourth-order valence-corrected chi connectivity index (χ4v) is 6.91. The first kappa shape index (κ1) is 35.0. The number of hydrogen-bond acceptors (Lipinski definition) is 5. The summed E-state index contributed by atoms with van der Waals surface area (Å²) >= 11 is 0. The maximum Gasteiger partial charge on any atom is 0.494 e. The number of anilines is 9. The zero-order valence-corrected chi connectivity index (χ0v) is 31.2. The van der Waals surface area contributed by atoms with Gasteiger partial charge in [0.15, 0.2) is 0 Å². The standard InChI is InChI=1S/C48H44BN3O2/c1-47(2)48(3,4)54-49(53-47)37-25-27-42(28-26-37)52(45-33-29-43(30-34-45)50(38-17-9-5-10-18-38)39-19-11-6-12-20-39)46-35-31-44(32-36-46)51(40-21-13-7-14-22-40)41-23-15-8-16-24-41/h5-36H,1-4H3. The van der Waals surface area contributed by atoms with Crippen LogP contribution < -0.4 is 20.2 Å². The van der Waals surface area contributed by atoms with Crippen LogP contribution in [0, 0.1) is 0 Å². The van der Waals surface area contributed by atoms with E-state index in [0.717, 1.165) is 56.6 Å². The molecule has 0 aliphatic carbocycles. The summed E-state index contributed by atoms with van der Waals surface area (Å²) in [6.45, 7) is 8.35. The Morgan fingerprint density at radius 1 is 0.296 bits per heavy atom. The predicted octanol–water partition coefficient (Wildman–Crippen LogP) is 12.4. The van der Waals surface area contributed by atoms with Crippen molar-refractivity contribution >= 4 is 63.8 Å². The van der Waals surface area contributed by atoms with Gasteiger partial charge in [0.1, 0.15) is 0 Å². The third-order valence-corrected chi connectivity index (χ3v) is 10.5. The molecule has 1 fully saturated rings. The molecule has 6 heteroatoms. The van der Waals surface area contributed by atoms with Gasteiger partial charge in [0, 0.05) is 51.2 Å². The maximum absolute atomic E-state index is 6.39. The van der Waals surface area contributed by atoms with E-state index in [0.29, 0.717) is 0 Å². The lowest BCUT2D eigenvalue weighted by molar-refractivity contribution is 0.00578. The summed E-state index contributed by atoms with van der Waals surface area (Å²) in [7, 11) is -0.431. The quantitative estimate of drug-likeness (QED) is 0.132. The van der Waals surface area contributed by atoms with E-state index in [4.69, 9.17) is 9.31 Å². The molecule has 5 nitrogen and oxygen atoms in total. The molecule has 1 heterocycles. The van der Waals surface area contributed by atoms with Crippen LogP contribution in [-0.2, 0) is 9.31 Å². The van der Waals surface area contributed by atoms with Gasteiger partial charge in [-0.05, 0) is 142 Å². The van der Waals surface area contributed by atoms with Crippen LogP contribution in [0.3, 0.4) is 0 Å².